The SMILES string of the molecule is CC1(c2c[nH]c(=O)c(=O)[nH]2)CSc2cc(F)ccc2N1. The van der Waals surface area contributed by atoms with Crippen LogP contribution < -0.4 is 16.4 Å². The van der Waals surface area contributed by atoms with Gasteiger partial charge in [0.25, 0.3) is 0 Å². The predicted octanol–water partition coefficient (Wildman–Crippen LogP) is 1.64. The van der Waals surface area contributed by atoms with Crippen molar-refractivity contribution in [3.63, 3.8) is 0 Å². The number of hydrogen-bond donors (Lipinski definition) is 3. The molecule has 1 aliphatic rings. The number of H-pyrrole nitrogens is 2. The Balaban J connectivity index is 2.02. The van der Waals surface area contributed by atoms with Crippen LogP contribution in [0.4, 0.5) is 10.1 Å². The van der Waals surface area contributed by atoms with E-state index in [1.54, 1.807) is 6.07 Å². The third-order valence-corrected chi connectivity index (χ3v) is 4.64. The van der Waals surface area contributed by atoms with Crippen LogP contribution in [0.3, 0.4) is 0 Å². The van der Waals surface area contributed by atoms with Crippen molar-refractivity contribution in [2.45, 2.75) is 17.4 Å². The molecule has 0 amide bonds. The van der Waals surface area contributed by atoms with E-state index in [0.29, 0.717) is 11.4 Å². The predicted molar refractivity (Wildman–Crippen MR) is 75.8 cm³/mol. The lowest BCUT2D eigenvalue weighted by molar-refractivity contribution is 0.580. The molecule has 1 aliphatic heterocycles. The van der Waals surface area contributed by atoms with Crippen molar-refractivity contribution < 1.29 is 4.39 Å². The number of aromatic nitrogens is 2. The van der Waals surface area contributed by atoms with E-state index in [2.05, 4.69) is 15.3 Å². The Morgan fingerprint density at radius 2 is 2.10 bits per heavy atom. The van der Waals surface area contributed by atoms with Gasteiger partial charge in [0.2, 0.25) is 0 Å². The van der Waals surface area contributed by atoms with Gasteiger partial charge in [-0.25, -0.2) is 4.39 Å². The van der Waals surface area contributed by atoms with Crippen molar-refractivity contribution in [3.8, 4) is 0 Å². The molecular weight excluding hydrogens is 281 g/mol. The quantitative estimate of drug-likeness (QED) is 0.698. The molecule has 0 saturated heterocycles. The van der Waals surface area contributed by atoms with Gasteiger partial charge in [0.15, 0.2) is 0 Å². The molecule has 1 aromatic carbocycles. The summed E-state index contributed by atoms with van der Waals surface area (Å²) in [5.41, 5.74) is -0.510. The molecule has 104 valence electrons. The minimum absolute atomic E-state index is 0.279. The lowest BCUT2D eigenvalue weighted by Crippen LogP contribution is -2.42. The summed E-state index contributed by atoms with van der Waals surface area (Å²) in [4.78, 5) is 28.4. The van der Waals surface area contributed by atoms with Gasteiger partial charge in [0.1, 0.15) is 5.82 Å². The Kier molecular flexibility index (Phi) is 2.93. The van der Waals surface area contributed by atoms with E-state index in [-0.39, 0.29) is 5.82 Å². The summed E-state index contributed by atoms with van der Waals surface area (Å²) in [6, 6.07) is 4.52. The van der Waals surface area contributed by atoms with Crippen LogP contribution in [0.25, 0.3) is 0 Å². The number of fused-ring (bicyclic) bond motifs is 1. The van der Waals surface area contributed by atoms with E-state index in [0.717, 1.165) is 10.6 Å². The topological polar surface area (TPSA) is 77.8 Å². The molecule has 1 atom stereocenters. The van der Waals surface area contributed by atoms with Crippen molar-refractivity contribution in [1.29, 1.82) is 0 Å². The van der Waals surface area contributed by atoms with Crippen LogP contribution in [-0.2, 0) is 5.54 Å². The molecule has 2 heterocycles. The molecule has 1 aromatic heterocycles. The van der Waals surface area contributed by atoms with Crippen LogP contribution in [0.15, 0.2) is 38.9 Å². The van der Waals surface area contributed by atoms with Crippen molar-refractivity contribution in [2.24, 2.45) is 0 Å². The van der Waals surface area contributed by atoms with E-state index < -0.39 is 16.7 Å². The molecule has 3 N–H and O–H groups in total. The minimum atomic E-state index is -0.680. The summed E-state index contributed by atoms with van der Waals surface area (Å²) in [6.45, 7) is 1.91. The van der Waals surface area contributed by atoms with Crippen molar-refractivity contribution in [1.82, 2.24) is 9.97 Å². The van der Waals surface area contributed by atoms with Gasteiger partial charge in [-0.3, -0.25) is 9.59 Å². The zero-order chi connectivity index (χ0) is 14.3. The number of nitrogens with one attached hydrogen (secondary N) is 3. The maximum Gasteiger partial charge on any atom is 0.313 e. The third kappa shape index (κ3) is 2.14. The van der Waals surface area contributed by atoms with E-state index >= 15 is 0 Å². The van der Waals surface area contributed by atoms with Crippen LogP contribution in [-0.4, -0.2) is 15.7 Å². The average Bonchev–Trinajstić information content (AvgIpc) is 2.42. The van der Waals surface area contributed by atoms with Crippen LogP contribution >= 0.6 is 11.8 Å². The van der Waals surface area contributed by atoms with Gasteiger partial charge in [-0.05, 0) is 25.1 Å². The van der Waals surface area contributed by atoms with E-state index in [9.17, 15) is 14.0 Å². The highest BCUT2D eigenvalue weighted by Crippen LogP contribution is 2.41. The molecular formula is C13H12FN3O2S. The normalized spacial score (nSPS) is 21.1. The summed E-state index contributed by atoms with van der Waals surface area (Å²) in [5.74, 6) is 0.324. The van der Waals surface area contributed by atoms with Crippen LogP contribution in [0.2, 0.25) is 0 Å². The average molecular weight is 293 g/mol. The summed E-state index contributed by atoms with van der Waals surface area (Å²) < 4.78 is 13.2. The molecule has 3 rings (SSSR count). The molecule has 7 heteroatoms. The minimum Gasteiger partial charge on any atom is -0.373 e. The summed E-state index contributed by atoms with van der Waals surface area (Å²) in [5, 5.41) is 3.28. The van der Waals surface area contributed by atoms with Gasteiger partial charge in [-0.2, -0.15) is 0 Å². The second kappa shape index (κ2) is 4.52. The molecule has 0 saturated carbocycles. The number of hydrogen-bond acceptors (Lipinski definition) is 4. The maximum absolute atomic E-state index is 13.2. The number of aromatic amines is 2. The molecule has 2 aromatic rings. The van der Waals surface area contributed by atoms with Crippen LogP contribution in [0.1, 0.15) is 12.6 Å². The number of thioether (sulfide) groups is 1. The highest BCUT2D eigenvalue weighted by Gasteiger charge is 2.33. The molecule has 0 spiro atoms. The fourth-order valence-corrected chi connectivity index (χ4v) is 3.28. The second-order valence-electron chi connectivity index (χ2n) is 4.87. The first-order valence-electron chi connectivity index (χ1n) is 6.01. The molecule has 0 bridgehead atoms. The maximum atomic E-state index is 13.2. The fraction of sp³-hybridized carbons (Fsp3) is 0.231. The standard InChI is InChI=1S/C13H12FN3O2S/c1-13(10-5-15-11(18)12(19)16-10)6-20-9-4-7(14)2-3-8(9)17-13/h2-5,17H,6H2,1H3,(H,15,18)(H,16,19). The largest absolute Gasteiger partial charge is 0.373 e. The number of rotatable bonds is 1. The number of benzene rings is 1. The van der Waals surface area contributed by atoms with E-state index in [4.69, 9.17) is 0 Å². The van der Waals surface area contributed by atoms with Crippen molar-refractivity contribution in [2.75, 3.05) is 11.1 Å². The molecule has 1 unspecified atom stereocenters. The smallest absolute Gasteiger partial charge is 0.313 e. The van der Waals surface area contributed by atoms with Crippen LogP contribution in [0.5, 0.6) is 0 Å². The Hall–Kier alpha value is -2.02. The first-order chi connectivity index (χ1) is 9.48. The van der Waals surface area contributed by atoms with Crippen molar-refractivity contribution >= 4 is 17.4 Å². The third-order valence-electron chi connectivity index (χ3n) is 3.27. The Bertz CT molecular complexity index is 786. The van der Waals surface area contributed by atoms with Gasteiger partial charge >= 0.3 is 11.1 Å². The Labute approximate surface area is 117 Å². The Morgan fingerprint density at radius 1 is 1.30 bits per heavy atom. The van der Waals surface area contributed by atoms with Gasteiger partial charge in [0, 0.05) is 22.5 Å². The molecule has 5 nitrogen and oxygen atoms in total. The lowest BCUT2D eigenvalue weighted by atomic mass is 10.00. The van der Waals surface area contributed by atoms with E-state index in [1.165, 1.54) is 30.1 Å². The zero-order valence-corrected chi connectivity index (χ0v) is 11.4. The van der Waals surface area contributed by atoms with Gasteiger partial charge in [-0.15, -0.1) is 11.8 Å². The van der Waals surface area contributed by atoms with Crippen molar-refractivity contribution in [3.05, 3.63) is 56.6 Å². The number of anilines is 1. The molecule has 0 fully saturated rings. The van der Waals surface area contributed by atoms with Crippen LogP contribution in [0, 0.1) is 5.82 Å². The summed E-state index contributed by atoms with van der Waals surface area (Å²) >= 11 is 1.50. The van der Waals surface area contributed by atoms with E-state index in [1.807, 2.05) is 6.92 Å². The zero-order valence-electron chi connectivity index (χ0n) is 10.6. The highest BCUT2D eigenvalue weighted by molar-refractivity contribution is 7.99. The fourth-order valence-electron chi connectivity index (χ4n) is 2.14. The van der Waals surface area contributed by atoms with Gasteiger partial charge in [-0.1, -0.05) is 0 Å². The number of halogens is 1. The molecule has 0 aliphatic carbocycles. The summed E-state index contributed by atoms with van der Waals surface area (Å²) in [7, 11) is 0. The van der Waals surface area contributed by atoms with Gasteiger partial charge < -0.3 is 15.3 Å². The van der Waals surface area contributed by atoms with Gasteiger partial charge in [0.05, 0.1) is 11.2 Å². The Morgan fingerprint density at radius 3 is 2.85 bits per heavy atom. The lowest BCUT2D eigenvalue weighted by Gasteiger charge is -2.36. The first-order valence-corrected chi connectivity index (χ1v) is 6.99. The monoisotopic (exact) mass is 293 g/mol. The molecule has 0 radical (unpaired) electrons. The first kappa shape index (κ1) is 13.0. The second-order valence-corrected chi connectivity index (χ2v) is 5.89. The summed E-state index contributed by atoms with van der Waals surface area (Å²) in [6.07, 6.45) is 1.49. The highest BCUT2D eigenvalue weighted by atomic mass is 32.2. The molecule has 20 heavy (non-hydrogen) atoms.